The summed E-state index contributed by atoms with van der Waals surface area (Å²) in [4.78, 5) is 14.7. The third-order valence-electron chi connectivity index (χ3n) is 3.31. The average molecular weight is 295 g/mol. The molecule has 1 atom stereocenters. The number of carbonyl (C=O) groups excluding carboxylic acids is 1. The zero-order chi connectivity index (χ0) is 14.7. The molecule has 20 heavy (non-hydrogen) atoms. The molecule has 0 saturated carbocycles. The molecule has 106 valence electrons. The summed E-state index contributed by atoms with van der Waals surface area (Å²) in [5.74, 6) is -1.83. The molecular formula is C15H15F2NOS. The molecule has 0 aliphatic rings. The van der Waals surface area contributed by atoms with E-state index < -0.39 is 11.6 Å². The third kappa shape index (κ3) is 3.22. The number of benzene rings is 1. The molecule has 0 N–H and O–H groups in total. The van der Waals surface area contributed by atoms with Crippen molar-refractivity contribution in [2.45, 2.75) is 19.4 Å². The molecule has 1 heterocycles. The average Bonchev–Trinajstić information content (AvgIpc) is 2.93. The lowest BCUT2D eigenvalue weighted by Crippen LogP contribution is -2.30. The fraction of sp³-hybridized carbons (Fsp3) is 0.267. The van der Waals surface area contributed by atoms with Gasteiger partial charge in [0.15, 0.2) is 11.6 Å². The van der Waals surface area contributed by atoms with Gasteiger partial charge in [-0.2, -0.15) is 0 Å². The zero-order valence-corrected chi connectivity index (χ0v) is 12.1. The second-order valence-corrected chi connectivity index (χ2v) is 5.64. The molecule has 1 unspecified atom stereocenters. The van der Waals surface area contributed by atoms with Gasteiger partial charge in [-0.25, -0.2) is 8.78 Å². The number of rotatable bonds is 4. The van der Waals surface area contributed by atoms with Crippen molar-refractivity contribution >= 4 is 17.2 Å². The van der Waals surface area contributed by atoms with E-state index in [2.05, 4.69) is 0 Å². The van der Waals surface area contributed by atoms with Crippen LogP contribution < -0.4 is 0 Å². The predicted molar refractivity (Wildman–Crippen MR) is 75.6 cm³/mol. The molecular weight excluding hydrogens is 280 g/mol. The summed E-state index contributed by atoms with van der Waals surface area (Å²) < 4.78 is 26.2. The van der Waals surface area contributed by atoms with Gasteiger partial charge in [-0.1, -0.05) is 12.1 Å². The summed E-state index contributed by atoms with van der Waals surface area (Å²) >= 11 is 1.52. The molecule has 0 aliphatic carbocycles. The molecule has 0 spiro atoms. The standard InChI is InChI=1S/C15H15F2NOS/c1-10(11-5-6-13(16)14(17)8-11)18(2)15(19)9-12-4-3-7-20-12/h3-8,10H,9H2,1-2H3. The van der Waals surface area contributed by atoms with Crippen LogP contribution in [0.3, 0.4) is 0 Å². The summed E-state index contributed by atoms with van der Waals surface area (Å²) in [5.41, 5.74) is 0.575. The molecule has 0 aliphatic heterocycles. The van der Waals surface area contributed by atoms with Crippen LogP contribution in [0.2, 0.25) is 0 Å². The third-order valence-corrected chi connectivity index (χ3v) is 4.18. The summed E-state index contributed by atoms with van der Waals surface area (Å²) in [6.45, 7) is 1.79. The second kappa shape index (κ2) is 6.13. The smallest absolute Gasteiger partial charge is 0.228 e. The van der Waals surface area contributed by atoms with E-state index in [0.29, 0.717) is 12.0 Å². The largest absolute Gasteiger partial charge is 0.339 e. The Morgan fingerprint density at radius 3 is 2.65 bits per heavy atom. The van der Waals surface area contributed by atoms with Crippen LogP contribution in [-0.4, -0.2) is 17.9 Å². The summed E-state index contributed by atoms with van der Waals surface area (Å²) in [7, 11) is 1.67. The Bertz CT molecular complexity index is 598. The Morgan fingerprint density at radius 2 is 2.05 bits per heavy atom. The van der Waals surface area contributed by atoms with Gasteiger partial charge in [0.2, 0.25) is 5.91 Å². The van der Waals surface area contributed by atoms with Crippen molar-refractivity contribution in [1.29, 1.82) is 0 Å². The van der Waals surface area contributed by atoms with E-state index in [9.17, 15) is 13.6 Å². The highest BCUT2D eigenvalue weighted by Gasteiger charge is 2.19. The van der Waals surface area contributed by atoms with Gasteiger partial charge in [0.05, 0.1) is 12.5 Å². The molecule has 5 heteroatoms. The van der Waals surface area contributed by atoms with Gasteiger partial charge >= 0.3 is 0 Å². The van der Waals surface area contributed by atoms with Crippen LogP contribution in [0.5, 0.6) is 0 Å². The minimum absolute atomic E-state index is 0.0512. The van der Waals surface area contributed by atoms with E-state index in [-0.39, 0.29) is 11.9 Å². The number of thiophene rings is 1. The Hall–Kier alpha value is -1.75. The van der Waals surface area contributed by atoms with E-state index >= 15 is 0 Å². The van der Waals surface area contributed by atoms with E-state index in [0.717, 1.165) is 17.0 Å². The normalized spacial score (nSPS) is 12.2. The number of halogens is 2. The van der Waals surface area contributed by atoms with E-state index in [1.165, 1.54) is 17.4 Å². The summed E-state index contributed by atoms with van der Waals surface area (Å²) in [6, 6.07) is 7.20. The zero-order valence-electron chi connectivity index (χ0n) is 11.3. The number of likely N-dealkylation sites (N-methyl/N-ethyl adjacent to an activating group) is 1. The van der Waals surface area contributed by atoms with E-state index in [1.807, 2.05) is 17.5 Å². The number of amides is 1. The Morgan fingerprint density at radius 1 is 1.30 bits per heavy atom. The van der Waals surface area contributed by atoms with Crippen LogP contribution in [0.4, 0.5) is 8.78 Å². The lowest BCUT2D eigenvalue weighted by atomic mass is 10.1. The van der Waals surface area contributed by atoms with Crippen molar-refractivity contribution in [3.63, 3.8) is 0 Å². The molecule has 1 aromatic carbocycles. The first-order chi connectivity index (χ1) is 9.49. The van der Waals surface area contributed by atoms with Gasteiger partial charge in [0, 0.05) is 11.9 Å². The molecule has 0 saturated heterocycles. The lowest BCUT2D eigenvalue weighted by molar-refractivity contribution is -0.131. The monoisotopic (exact) mass is 295 g/mol. The lowest BCUT2D eigenvalue weighted by Gasteiger charge is -2.25. The first-order valence-corrected chi connectivity index (χ1v) is 7.10. The van der Waals surface area contributed by atoms with Crippen molar-refractivity contribution in [2.24, 2.45) is 0 Å². The van der Waals surface area contributed by atoms with Crippen LogP contribution in [-0.2, 0) is 11.2 Å². The molecule has 0 fully saturated rings. The number of carbonyl (C=O) groups is 1. The number of hydrogen-bond acceptors (Lipinski definition) is 2. The number of hydrogen-bond donors (Lipinski definition) is 0. The van der Waals surface area contributed by atoms with Crippen molar-refractivity contribution in [3.05, 3.63) is 57.8 Å². The van der Waals surface area contributed by atoms with Gasteiger partial charge in [0.1, 0.15) is 0 Å². The van der Waals surface area contributed by atoms with Gasteiger partial charge in [-0.05, 0) is 36.1 Å². The summed E-state index contributed by atoms with van der Waals surface area (Å²) in [5, 5.41) is 1.92. The minimum Gasteiger partial charge on any atom is -0.339 e. The van der Waals surface area contributed by atoms with Crippen LogP contribution in [0.1, 0.15) is 23.4 Å². The topological polar surface area (TPSA) is 20.3 Å². The predicted octanol–water partition coefficient (Wildman–Crippen LogP) is 3.79. The minimum atomic E-state index is -0.895. The van der Waals surface area contributed by atoms with Crippen molar-refractivity contribution in [2.75, 3.05) is 7.05 Å². The maximum absolute atomic E-state index is 13.2. The van der Waals surface area contributed by atoms with Crippen LogP contribution in [0.15, 0.2) is 35.7 Å². The highest BCUT2D eigenvalue weighted by atomic mass is 32.1. The molecule has 2 aromatic rings. The SMILES string of the molecule is CC(c1ccc(F)c(F)c1)N(C)C(=O)Cc1cccs1. The van der Waals surface area contributed by atoms with Crippen LogP contribution >= 0.6 is 11.3 Å². The van der Waals surface area contributed by atoms with Crippen molar-refractivity contribution in [3.8, 4) is 0 Å². The highest BCUT2D eigenvalue weighted by Crippen LogP contribution is 2.22. The molecule has 2 nitrogen and oxygen atoms in total. The maximum Gasteiger partial charge on any atom is 0.228 e. The molecule has 0 bridgehead atoms. The maximum atomic E-state index is 13.2. The highest BCUT2D eigenvalue weighted by molar-refractivity contribution is 7.10. The Kier molecular flexibility index (Phi) is 4.49. The molecule has 0 radical (unpaired) electrons. The van der Waals surface area contributed by atoms with Crippen LogP contribution in [0, 0.1) is 11.6 Å². The second-order valence-electron chi connectivity index (χ2n) is 4.61. The Balaban J connectivity index is 2.09. The number of nitrogens with zero attached hydrogens (tertiary/aromatic N) is 1. The van der Waals surface area contributed by atoms with Gasteiger partial charge in [-0.3, -0.25) is 4.79 Å². The molecule has 2 rings (SSSR count). The Labute approximate surface area is 120 Å². The fourth-order valence-electron chi connectivity index (χ4n) is 1.90. The first-order valence-electron chi connectivity index (χ1n) is 6.22. The van der Waals surface area contributed by atoms with E-state index in [1.54, 1.807) is 18.9 Å². The fourth-order valence-corrected chi connectivity index (χ4v) is 2.59. The molecule has 1 amide bonds. The van der Waals surface area contributed by atoms with Gasteiger partial charge < -0.3 is 4.90 Å². The van der Waals surface area contributed by atoms with Gasteiger partial charge in [-0.15, -0.1) is 11.3 Å². The quantitative estimate of drug-likeness (QED) is 0.840. The molecule has 1 aromatic heterocycles. The van der Waals surface area contributed by atoms with Crippen molar-refractivity contribution in [1.82, 2.24) is 4.90 Å². The van der Waals surface area contributed by atoms with Gasteiger partial charge in [0.25, 0.3) is 0 Å². The van der Waals surface area contributed by atoms with Crippen molar-refractivity contribution < 1.29 is 13.6 Å². The van der Waals surface area contributed by atoms with E-state index in [4.69, 9.17) is 0 Å². The summed E-state index contributed by atoms with van der Waals surface area (Å²) in [6.07, 6.45) is 0.322. The first kappa shape index (κ1) is 14.7. The van der Waals surface area contributed by atoms with Crippen LogP contribution in [0.25, 0.3) is 0 Å².